The molecule has 4 aliphatic heterocycles. The van der Waals surface area contributed by atoms with E-state index in [4.69, 9.17) is 0 Å². The molecule has 10 aromatic carbocycles. The van der Waals surface area contributed by atoms with Crippen LogP contribution in [0.25, 0.3) is 11.1 Å². The van der Waals surface area contributed by atoms with Gasteiger partial charge in [0.1, 0.15) is 0 Å². The Bertz CT molecular complexity index is 3300. The van der Waals surface area contributed by atoms with Crippen LogP contribution in [0.3, 0.4) is 0 Å². The third-order valence-electron chi connectivity index (χ3n) is 17.7. The molecule has 0 fully saturated rings. The van der Waals surface area contributed by atoms with E-state index < -0.39 is 0 Å². The van der Waals surface area contributed by atoms with Gasteiger partial charge in [0.2, 0.25) is 0 Å². The highest BCUT2D eigenvalue weighted by Crippen LogP contribution is 2.59. The Kier molecular flexibility index (Phi) is 9.95. The van der Waals surface area contributed by atoms with Crippen LogP contribution >= 0.6 is 0 Å². The fourth-order valence-electron chi connectivity index (χ4n) is 13.8. The van der Waals surface area contributed by atoms with Crippen molar-refractivity contribution in [3.05, 3.63) is 275 Å². The molecule has 4 aliphatic rings. The zero-order chi connectivity index (χ0) is 51.9. The molecule has 0 atom stereocenters. The van der Waals surface area contributed by atoms with Crippen LogP contribution in [0.4, 0.5) is 68.2 Å². The van der Waals surface area contributed by atoms with E-state index in [2.05, 4.69) is 306 Å². The first-order valence-electron chi connectivity index (χ1n) is 27.0. The third kappa shape index (κ3) is 6.56. The molecular weight excluding hydrogens is 921 g/mol. The van der Waals surface area contributed by atoms with Crippen LogP contribution in [0.2, 0.25) is 0 Å². The van der Waals surface area contributed by atoms with Crippen LogP contribution < -0.4 is 19.6 Å². The van der Waals surface area contributed by atoms with Gasteiger partial charge in [0.15, 0.2) is 0 Å². The second kappa shape index (κ2) is 16.4. The molecule has 0 amide bonds. The zero-order valence-corrected chi connectivity index (χ0v) is 44.7. The Morgan fingerprint density at radius 2 is 0.342 bits per heavy atom. The lowest BCUT2D eigenvalue weighted by Crippen LogP contribution is -2.31. The van der Waals surface area contributed by atoms with Crippen molar-refractivity contribution in [1.29, 1.82) is 0 Å². The molecule has 0 bridgehead atoms. The van der Waals surface area contributed by atoms with Gasteiger partial charge in [-0.2, -0.15) is 0 Å². The van der Waals surface area contributed by atoms with Crippen molar-refractivity contribution >= 4 is 68.2 Å². The Balaban J connectivity index is 1.09. The summed E-state index contributed by atoms with van der Waals surface area (Å²) in [6, 6.07) is 86.9. The number of fused-ring (bicyclic) bond motifs is 8. The molecule has 0 saturated carbocycles. The van der Waals surface area contributed by atoms with E-state index in [1.165, 1.54) is 90.0 Å². The zero-order valence-electron chi connectivity index (χ0n) is 44.7. The van der Waals surface area contributed by atoms with Gasteiger partial charge >= 0.3 is 0 Å². The van der Waals surface area contributed by atoms with Crippen LogP contribution in [0.1, 0.15) is 99.9 Å². The first-order valence-corrected chi connectivity index (χ1v) is 27.0. The van der Waals surface area contributed by atoms with Gasteiger partial charge in [-0.15, -0.1) is 0 Å². The molecule has 0 saturated heterocycles. The summed E-state index contributed by atoms with van der Waals surface area (Å²) in [6.07, 6.45) is 0. The second-order valence-corrected chi connectivity index (χ2v) is 23.5. The van der Waals surface area contributed by atoms with Gasteiger partial charge in [0, 0.05) is 44.4 Å². The maximum atomic E-state index is 2.53. The molecule has 0 aliphatic carbocycles. The lowest BCUT2D eigenvalue weighted by atomic mass is 9.73. The summed E-state index contributed by atoms with van der Waals surface area (Å²) in [5.74, 6) is 0. The van der Waals surface area contributed by atoms with Crippen molar-refractivity contribution in [2.24, 2.45) is 0 Å². The van der Waals surface area contributed by atoms with Crippen molar-refractivity contribution in [1.82, 2.24) is 0 Å². The fraction of sp³-hybridized carbons (Fsp3) is 0.167. The smallest absolute Gasteiger partial charge is 0.0502 e. The normalized spacial score (nSPS) is 16.5. The Morgan fingerprint density at radius 1 is 0.197 bits per heavy atom. The minimum Gasteiger partial charge on any atom is -0.310 e. The minimum atomic E-state index is -0.213. The molecule has 4 nitrogen and oxygen atoms in total. The van der Waals surface area contributed by atoms with Crippen LogP contribution in [-0.4, -0.2) is 0 Å². The molecule has 76 heavy (non-hydrogen) atoms. The highest BCUT2D eigenvalue weighted by atomic mass is 15.2. The van der Waals surface area contributed by atoms with Crippen molar-refractivity contribution in [2.45, 2.75) is 77.0 Å². The largest absolute Gasteiger partial charge is 0.310 e. The molecule has 0 radical (unpaired) electrons. The summed E-state index contributed by atoms with van der Waals surface area (Å²) in [4.78, 5) is 10.1. The SMILES string of the molecule is CC1(C)c2ccccc2N(c2cc(-c3cc(N4c5ccccc5C(C)(C)c5ccccc54)cc(N4c5ccccc5C(C)(C)c5ccccc54)c3)cc(N3c4ccccc4C(C)(C)c4ccccc43)c2)c2ccccc21. The lowest BCUT2D eigenvalue weighted by Gasteiger charge is -2.44. The average molecular weight is 983 g/mol. The van der Waals surface area contributed by atoms with Gasteiger partial charge in [0.05, 0.1) is 45.5 Å². The number of anilines is 12. The van der Waals surface area contributed by atoms with E-state index >= 15 is 0 Å². The van der Waals surface area contributed by atoms with Crippen molar-refractivity contribution < 1.29 is 0 Å². The summed E-state index contributed by atoms with van der Waals surface area (Å²) < 4.78 is 0. The number of rotatable bonds is 5. The van der Waals surface area contributed by atoms with Crippen LogP contribution in [0.15, 0.2) is 231 Å². The van der Waals surface area contributed by atoms with E-state index in [1.807, 2.05) is 0 Å². The van der Waals surface area contributed by atoms with Crippen LogP contribution in [0.5, 0.6) is 0 Å². The number of hydrogen-bond acceptors (Lipinski definition) is 4. The number of para-hydroxylation sites is 8. The van der Waals surface area contributed by atoms with E-state index in [0.29, 0.717) is 0 Å². The Hall–Kier alpha value is -8.60. The molecule has 0 spiro atoms. The first kappa shape index (κ1) is 46.0. The fourth-order valence-corrected chi connectivity index (χ4v) is 13.8. The van der Waals surface area contributed by atoms with Crippen molar-refractivity contribution in [3.8, 4) is 11.1 Å². The molecule has 10 aromatic rings. The first-order chi connectivity index (χ1) is 36.7. The Morgan fingerprint density at radius 3 is 0.500 bits per heavy atom. The van der Waals surface area contributed by atoms with Gasteiger partial charge in [-0.05, 0) is 141 Å². The van der Waals surface area contributed by atoms with E-state index in [1.54, 1.807) is 0 Å². The quantitative estimate of drug-likeness (QED) is 0.170. The molecule has 0 aromatic heterocycles. The topological polar surface area (TPSA) is 13.0 Å². The van der Waals surface area contributed by atoms with E-state index in [-0.39, 0.29) is 21.7 Å². The predicted molar refractivity (Wildman–Crippen MR) is 319 cm³/mol. The third-order valence-corrected chi connectivity index (χ3v) is 17.7. The Labute approximate surface area is 448 Å². The van der Waals surface area contributed by atoms with Crippen molar-refractivity contribution in [2.75, 3.05) is 19.6 Å². The molecule has 370 valence electrons. The summed E-state index contributed by atoms with van der Waals surface area (Å²) in [6.45, 7) is 19.0. The maximum Gasteiger partial charge on any atom is 0.0502 e. The molecular formula is C72H62N4. The predicted octanol–water partition coefficient (Wildman–Crippen LogP) is 19.8. The highest BCUT2D eigenvalue weighted by Gasteiger charge is 2.42. The lowest BCUT2D eigenvalue weighted by molar-refractivity contribution is 0.631. The monoisotopic (exact) mass is 982 g/mol. The molecule has 4 heteroatoms. The minimum absolute atomic E-state index is 0.213. The average Bonchev–Trinajstić information content (AvgIpc) is 3.49. The summed E-state index contributed by atoms with van der Waals surface area (Å²) in [5.41, 5.74) is 25.7. The van der Waals surface area contributed by atoms with Gasteiger partial charge in [-0.1, -0.05) is 201 Å². The number of nitrogens with zero attached hydrogens (tertiary/aromatic N) is 4. The molecule has 0 unspecified atom stereocenters. The van der Waals surface area contributed by atoms with Gasteiger partial charge < -0.3 is 19.6 Å². The van der Waals surface area contributed by atoms with E-state index in [0.717, 1.165) is 33.9 Å². The van der Waals surface area contributed by atoms with Gasteiger partial charge in [-0.3, -0.25) is 0 Å². The number of benzene rings is 10. The van der Waals surface area contributed by atoms with Crippen molar-refractivity contribution in [3.63, 3.8) is 0 Å². The summed E-state index contributed by atoms with van der Waals surface area (Å²) in [7, 11) is 0. The maximum absolute atomic E-state index is 2.53. The summed E-state index contributed by atoms with van der Waals surface area (Å²) >= 11 is 0. The molecule has 14 rings (SSSR count). The molecule has 0 N–H and O–H groups in total. The number of hydrogen-bond donors (Lipinski definition) is 0. The molecule has 4 heterocycles. The van der Waals surface area contributed by atoms with E-state index in [9.17, 15) is 0 Å². The van der Waals surface area contributed by atoms with Gasteiger partial charge in [0.25, 0.3) is 0 Å². The van der Waals surface area contributed by atoms with Gasteiger partial charge in [-0.25, -0.2) is 0 Å². The highest BCUT2D eigenvalue weighted by molar-refractivity contribution is 5.97. The standard InChI is InChI=1S/C72H62N4/c1-69(2)53-25-9-17-33-61(53)73(62-34-18-10-26-54(62)69)49-41-47(42-50(45-49)74-63-35-19-11-27-55(63)70(3,4)56-28-12-20-36-64(56)74)48-43-51(75-65-37-21-13-29-57(65)71(5,6)58-30-14-22-38-66(58)75)46-52(44-48)76-67-39-23-15-31-59(67)72(7,8)60-32-16-24-40-68(60)76/h9-46H,1-8H3. The van der Waals surface area contributed by atoms with Crippen LogP contribution in [-0.2, 0) is 21.7 Å². The second-order valence-electron chi connectivity index (χ2n) is 23.5. The summed E-state index contributed by atoms with van der Waals surface area (Å²) in [5, 5.41) is 0. The van der Waals surface area contributed by atoms with Crippen LogP contribution in [0, 0.1) is 0 Å².